The first kappa shape index (κ1) is 13.7. The van der Waals surface area contributed by atoms with Crippen molar-refractivity contribution in [3.8, 4) is 0 Å². The molecular formula is C11H15ClN2O3S. The van der Waals surface area contributed by atoms with E-state index in [-0.39, 0.29) is 16.6 Å². The maximum Gasteiger partial charge on any atom is 0.244 e. The van der Waals surface area contributed by atoms with Crippen LogP contribution in [0.4, 0.5) is 0 Å². The van der Waals surface area contributed by atoms with Gasteiger partial charge in [-0.25, -0.2) is 13.4 Å². The maximum absolute atomic E-state index is 12.3. The van der Waals surface area contributed by atoms with Gasteiger partial charge in [-0.2, -0.15) is 4.31 Å². The van der Waals surface area contributed by atoms with Gasteiger partial charge in [0.2, 0.25) is 10.0 Å². The molecule has 1 N–H and O–H groups in total. The van der Waals surface area contributed by atoms with E-state index in [9.17, 15) is 13.5 Å². The molecule has 7 heteroatoms. The van der Waals surface area contributed by atoms with Gasteiger partial charge in [0.1, 0.15) is 10.0 Å². The molecule has 0 spiro atoms. The topological polar surface area (TPSA) is 70.5 Å². The lowest BCUT2D eigenvalue weighted by Gasteiger charge is -2.35. The fraction of sp³-hybridized carbons (Fsp3) is 0.545. The van der Waals surface area contributed by atoms with Crippen LogP contribution in [-0.2, 0) is 10.0 Å². The SMILES string of the molecule is CC1(O)CCCN(S(=O)(=O)c2ccc(Cl)nc2)C1. The summed E-state index contributed by atoms with van der Waals surface area (Å²) in [6.07, 6.45) is 2.49. The van der Waals surface area contributed by atoms with E-state index in [2.05, 4.69) is 4.98 Å². The van der Waals surface area contributed by atoms with E-state index in [4.69, 9.17) is 11.6 Å². The van der Waals surface area contributed by atoms with E-state index < -0.39 is 15.6 Å². The Balaban J connectivity index is 2.28. The molecule has 0 bridgehead atoms. The van der Waals surface area contributed by atoms with Gasteiger partial charge < -0.3 is 5.11 Å². The highest BCUT2D eigenvalue weighted by atomic mass is 35.5. The predicted molar refractivity (Wildman–Crippen MR) is 67.9 cm³/mol. The Labute approximate surface area is 111 Å². The van der Waals surface area contributed by atoms with Crippen LogP contribution in [0.2, 0.25) is 5.15 Å². The fourth-order valence-corrected chi connectivity index (χ4v) is 3.70. The summed E-state index contributed by atoms with van der Waals surface area (Å²) in [5.74, 6) is 0. The van der Waals surface area contributed by atoms with E-state index >= 15 is 0 Å². The minimum Gasteiger partial charge on any atom is -0.389 e. The van der Waals surface area contributed by atoms with E-state index in [1.54, 1.807) is 6.92 Å². The molecule has 1 saturated heterocycles. The van der Waals surface area contributed by atoms with E-state index in [1.807, 2.05) is 0 Å². The Bertz CT molecular complexity index is 528. The standard InChI is InChI=1S/C11H15ClN2O3S/c1-11(15)5-2-6-14(8-11)18(16,17)9-3-4-10(12)13-7-9/h3-4,7,15H,2,5-6,8H2,1H3. The summed E-state index contributed by atoms with van der Waals surface area (Å²) in [6.45, 7) is 2.17. The van der Waals surface area contributed by atoms with Crippen molar-refractivity contribution in [3.05, 3.63) is 23.5 Å². The van der Waals surface area contributed by atoms with Crippen LogP contribution in [0.25, 0.3) is 0 Å². The number of pyridine rings is 1. The highest BCUT2D eigenvalue weighted by Crippen LogP contribution is 2.25. The van der Waals surface area contributed by atoms with Crippen LogP contribution >= 0.6 is 11.6 Å². The number of β-amino-alcohol motifs (C(OH)–C–C–N with tert-alkyl or cyclic N) is 1. The molecular weight excluding hydrogens is 276 g/mol. The monoisotopic (exact) mass is 290 g/mol. The number of rotatable bonds is 2. The van der Waals surface area contributed by atoms with Crippen LogP contribution in [0, 0.1) is 0 Å². The molecule has 0 aromatic carbocycles. The summed E-state index contributed by atoms with van der Waals surface area (Å²) in [7, 11) is -3.60. The minimum absolute atomic E-state index is 0.101. The summed E-state index contributed by atoms with van der Waals surface area (Å²) < 4.78 is 25.9. The number of hydrogen-bond acceptors (Lipinski definition) is 4. The first-order valence-corrected chi connectivity index (χ1v) is 7.47. The zero-order valence-electron chi connectivity index (χ0n) is 10.0. The highest BCUT2D eigenvalue weighted by Gasteiger charge is 2.35. The van der Waals surface area contributed by atoms with Crippen LogP contribution in [0.1, 0.15) is 19.8 Å². The summed E-state index contributed by atoms with van der Waals surface area (Å²) in [6, 6.07) is 2.87. The summed E-state index contributed by atoms with van der Waals surface area (Å²) in [4.78, 5) is 3.88. The number of aliphatic hydroxyl groups is 1. The van der Waals surface area contributed by atoms with Gasteiger partial charge in [0.15, 0.2) is 0 Å². The van der Waals surface area contributed by atoms with Crippen molar-refractivity contribution in [1.82, 2.24) is 9.29 Å². The van der Waals surface area contributed by atoms with Gasteiger partial charge >= 0.3 is 0 Å². The Morgan fingerprint density at radius 2 is 2.22 bits per heavy atom. The van der Waals surface area contributed by atoms with Gasteiger partial charge in [0.05, 0.1) is 5.60 Å². The van der Waals surface area contributed by atoms with Crippen LogP contribution in [0.3, 0.4) is 0 Å². The van der Waals surface area contributed by atoms with Crippen LogP contribution in [0.15, 0.2) is 23.2 Å². The Morgan fingerprint density at radius 3 is 2.78 bits per heavy atom. The Morgan fingerprint density at radius 1 is 1.50 bits per heavy atom. The van der Waals surface area contributed by atoms with Crippen LogP contribution in [-0.4, -0.2) is 41.5 Å². The van der Waals surface area contributed by atoms with Gasteiger partial charge in [-0.15, -0.1) is 0 Å². The summed E-state index contributed by atoms with van der Waals surface area (Å²) in [5.41, 5.74) is -0.967. The first-order valence-electron chi connectivity index (χ1n) is 5.65. The van der Waals surface area contributed by atoms with Crippen LogP contribution < -0.4 is 0 Å². The molecule has 1 atom stereocenters. The third kappa shape index (κ3) is 2.83. The highest BCUT2D eigenvalue weighted by molar-refractivity contribution is 7.89. The van der Waals surface area contributed by atoms with Crippen LogP contribution in [0.5, 0.6) is 0 Å². The van der Waals surface area contributed by atoms with Gasteiger partial charge in [-0.1, -0.05) is 11.6 Å². The number of hydrogen-bond donors (Lipinski definition) is 1. The summed E-state index contributed by atoms with van der Waals surface area (Å²) in [5, 5.41) is 10.2. The molecule has 0 saturated carbocycles. The number of aromatic nitrogens is 1. The zero-order valence-corrected chi connectivity index (χ0v) is 11.6. The molecule has 1 aliphatic heterocycles. The van der Waals surface area contributed by atoms with Gasteiger partial charge in [0.25, 0.3) is 0 Å². The fourth-order valence-electron chi connectivity index (χ4n) is 2.04. The van der Waals surface area contributed by atoms with Crippen molar-refractivity contribution < 1.29 is 13.5 Å². The molecule has 0 radical (unpaired) electrons. The molecule has 1 aromatic rings. The molecule has 1 fully saturated rings. The molecule has 1 aliphatic rings. The van der Waals surface area contributed by atoms with Crippen molar-refractivity contribution in [2.75, 3.05) is 13.1 Å². The largest absolute Gasteiger partial charge is 0.389 e. The van der Waals surface area contributed by atoms with Crippen molar-refractivity contribution >= 4 is 21.6 Å². The summed E-state index contributed by atoms with van der Waals surface area (Å²) >= 11 is 5.63. The number of nitrogens with zero attached hydrogens (tertiary/aromatic N) is 2. The second kappa shape index (κ2) is 4.77. The number of piperidine rings is 1. The van der Waals surface area contributed by atoms with E-state index in [0.717, 1.165) is 0 Å². The van der Waals surface area contributed by atoms with E-state index in [0.29, 0.717) is 19.4 Å². The molecule has 1 aromatic heterocycles. The second-order valence-corrected chi connectivity index (χ2v) is 7.08. The number of sulfonamides is 1. The molecule has 2 rings (SSSR count). The average molecular weight is 291 g/mol. The lowest BCUT2D eigenvalue weighted by molar-refractivity contribution is 0.00939. The smallest absolute Gasteiger partial charge is 0.244 e. The van der Waals surface area contributed by atoms with E-state index in [1.165, 1.54) is 22.6 Å². The van der Waals surface area contributed by atoms with Crippen molar-refractivity contribution in [2.45, 2.75) is 30.3 Å². The zero-order chi connectivity index (χ0) is 13.4. The Hall–Kier alpha value is -0.690. The van der Waals surface area contributed by atoms with Gasteiger partial charge in [-0.3, -0.25) is 0 Å². The number of halogens is 1. The average Bonchev–Trinajstić information content (AvgIpc) is 2.28. The lowest BCUT2D eigenvalue weighted by Crippen LogP contribution is -2.48. The molecule has 0 aliphatic carbocycles. The van der Waals surface area contributed by atoms with Gasteiger partial charge in [0, 0.05) is 19.3 Å². The van der Waals surface area contributed by atoms with Crippen molar-refractivity contribution in [2.24, 2.45) is 0 Å². The molecule has 18 heavy (non-hydrogen) atoms. The third-order valence-corrected chi connectivity index (χ3v) is 5.03. The molecule has 5 nitrogen and oxygen atoms in total. The third-order valence-electron chi connectivity index (χ3n) is 2.98. The quantitative estimate of drug-likeness (QED) is 0.833. The Kier molecular flexibility index (Phi) is 3.64. The predicted octanol–water partition coefficient (Wildman–Crippen LogP) is 1.27. The maximum atomic E-state index is 12.3. The molecule has 0 amide bonds. The first-order chi connectivity index (χ1) is 8.31. The normalized spacial score (nSPS) is 26.2. The second-order valence-electron chi connectivity index (χ2n) is 4.76. The minimum atomic E-state index is -3.60. The van der Waals surface area contributed by atoms with Crippen molar-refractivity contribution in [1.29, 1.82) is 0 Å². The lowest BCUT2D eigenvalue weighted by atomic mass is 9.97. The van der Waals surface area contributed by atoms with Gasteiger partial charge in [-0.05, 0) is 31.9 Å². The molecule has 1 unspecified atom stereocenters. The molecule has 2 heterocycles. The van der Waals surface area contributed by atoms with Crippen molar-refractivity contribution in [3.63, 3.8) is 0 Å². The molecule has 100 valence electrons.